The van der Waals surface area contributed by atoms with E-state index in [4.69, 9.17) is 10.6 Å². The number of nitrogens with zero attached hydrogens (tertiary/aromatic N) is 1. The van der Waals surface area contributed by atoms with Gasteiger partial charge in [0.2, 0.25) is 0 Å². The molecule has 1 aromatic rings. The summed E-state index contributed by atoms with van der Waals surface area (Å²) >= 11 is 3.30. The lowest BCUT2D eigenvalue weighted by molar-refractivity contribution is 0.0136. The van der Waals surface area contributed by atoms with Crippen molar-refractivity contribution in [3.63, 3.8) is 0 Å². The van der Waals surface area contributed by atoms with Crippen LogP contribution in [0, 0.1) is 0 Å². The molecule has 0 aromatic carbocycles. The highest BCUT2D eigenvalue weighted by Gasteiger charge is 2.22. The zero-order chi connectivity index (χ0) is 13.8. The van der Waals surface area contributed by atoms with Crippen molar-refractivity contribution in [3.8, 4) is 0 Å². The average molecular weight is 329 g/mol. The molecule has 0 radical (unpaired) electrons. The molecule has 0 spiro atoms. The minimum Gasteiger partial charge on any atom is -0.378 e. The van der Waals surface area contributed by atoms with Gasteiger partial charge in [0.1, 0.15) is 0 Å². The second-order valence-corrected chi connectivity index (χ2v) is 5.49. The predicted molar refractivity (Wildman–Crippen MR) is 75.6 cm³/mol. The molecule has 2 unspecified atom stereocenters. The molecule has 2 atom stereocenters. The largest absolute Gasteiger partial charge is 0.378 e. The van der Waals surface area contributed by atoms with Crippen molar-refractivity contribution in [1.82, 2.24) is 10.3 Å². The quantitative estimate of drug-likeness (QED) is 0.577. The van der Waals surface area contributed by atoms with Crippen molar-refractivity contribution < 1.29 is 9.53 Å². The number of amides is 1. The maximum Gasteiger partial charge on any atom is 0.255 e. The van der Waals surface area contributed by atoms with Crippen molar-refractivity contribution in [2.45, 2.75) is 31.9 Å². The number of nitrogen functional groups attached to an aromatic ring is 1. The number of nitrogens with one attached hydrogen (secondary N) is 2. The predicted octanol–water partition coefficient (Wildman–Crippen LogP) is 1.43. The summed E-state index contributed by atoms with van der Waals surface area (Å²) in [4.78, 5) is 16.3. The van der Waals surface area contributed by atoms with E-state index in [-0.39, 0.29) is 18.1 Å². The summed E-state index contributed by atoms with van der Waals surface area (Å²) in [6.07, 6.45) is 3.40. The molecule has 6 nitrogen and oxygen atoms in total. The first-order valence-electron chi connectivity index (χ1n) is 6.14. The normalized spacial score (nSPS) is 22.9. The Morgan fingerprint density at radius 3 is 3.11 bits per heavy atom. The zero-order valence-corrected chi connectivity index (χ0v) is 12.2. The van der Waals surface area contributed by atoms with E-state index in [0.717, 1.165) is 17.3 Å². The lowest BCUT2D eigenvalue weighted by Crippen LogP contribution is -2.41. The van der Waals surface area contributed by atoms with E-state index in [1.807, 2.05) is 6.92 Å². The smallest absolute Gasteiger partial charge is 0.255 e. The number of anilines is 1. The molecule has 2 rings (SSSR count). The maximum absolute atomic E-state index is 12.2. The molecule has 0 aliphatic carbocycles. The maximum atomic E-state index is 12.2. The third-order valence-corrected chi connectivity index (χ3v) is 3.49. The SMILES string of the molecule is CC1CC(NC(=O)c2cc(Br)cnc2NN)CCO1. The summed E-state index contributed by atoms with van der Waals surface area (Å²) in [7, 11) is 0. The molecule has 1 fully saturated rings. The van der Waals surface area contributed by atoms with E-state index in [0.29, 0.717) is 18.0 Å². The lowest BCUT2D eigenvalue weighted by atomic mass is 10.0. The van der Waals surface area contributed by atoms with Crippen LogP contribution in [0.4, 0.5) is 5.82 Å². The Bertz CT molecular complexity index is 469. The molecule has 4 N–H and O–H groups in total. The van der Waals surface area contributed by atoms with E-state index in [1.54, 1.807) is 12.3 Å². The average Bonchev–Trinajstić information content (AvgIpc) is 2.38. The molecule has 1 aliphatic heterocycles. The van der Waals surface area contributed by atoms with Crippen LogP contribution in [-0.2, 0) is 4.74 Å². The number of pyridine rings is 1. The van der Waals surface area contributed by atoms with Gasteiger partial charge in [-0.05, 0) is 41.8 Å². The van der Waals surface area contributed by atoms with E-state index in [2.05, 4.69) is 31.7 Å². The summed E-state index contributed by atoms with van der Waals surface area (Å²) < 4.78 is 6.19. The molecule has 1 aliphatic rings. The van der Waals surface area contributed by atoms with E-state index in [9.17, 15) is 4.79 Å². The highest BCUT2D eigenvalue weighted by atomic mass is 79.9. The summed E-state index contributed by atoms with van der Waals surface area (Å²) in [5.41, 5.74) is 2.86. The number of carbonyl (C=O) groups excluding carboxylic acids is 1. The fourth-order valence-electron chi connectivity index (χ4n) is 2.12. The summed E-state index contributed by atoms with van der Waals surface area (Å²) in [5.74, 6) is 5.55. The first-order chi connectivity index (χ1) is 9.10. The first kappa shape index (κ1) is 14.2. The monoisotopic (exact) mass is 328 g/mol. The molecule has 104 valence electrons. The van der Waals surface area contributed by atoms with Gasteiger partial charge in [0.05, 0.1) is 11.7 Å². The third kappa shape index (κ3) is 3.65. The van der Waals surface area contributed by atoms with Crippen molar-refractivity contribution in [3.05, 3.63) is 22.3 Å². The second kappa shape index (κ2) is 6.31. The topological polar surface area (TPSA) is 89.3 Å². The van der Waals surface area contributed by atoms with E-state index < -0.39 is 0 Å². The number of aromatic nitrogens is 1. The van der Waals surface area contributed by atoms with Gasteiger partial charge in [-0.1, -0.05) is 0 Å². The van der Waals surface area contributed by atoms with Gasteiger partial charge in [0.25, 0.3) is 5.91 Å². The van der Waals surface area contributed by atoms with Gasteiger partial charge in [-0.2, -0.15) is 0 Å². The van der Waals surface area contributed by atoms with Crippen LogP contribution in [0.5, 0.6) is 0 Å². The molecule has 1 amide bonds. The van der Waals surface area contributed by atoms with Crippen molar-refractivity contribution >= 4 is 27.7 Å². The summed E-state index contributed by atoms with van der Waals surface area (Å²) in [6.45, 7) is 2.68. The van der Waals surface area contributed by atoms with Crippen LogP contribution in [-0.4, -0.2) is 29.6 Å². The van der Waals surface area contributed by atoms with Gasteiger partial charge < -0.3 is 15.5 Å². The molecular weight excluding hydrogens is 312 g/mol. The van der Waals surface area contributed by atoms with Crippen molar-refractivity contribution in [1.29, 1.82) is 0 Å². The fraction of sp³-hybridized carbons (Fsp3) is 0.500. The Morgan fingerprint density at radius 2 is 2.42 bits per heavy atom. The van der Waals surface area contributed by atoms with E-state index in [1.165, 1.54) is 0 Å². The number of rotatable bonds is 3. The number of hydrogen-bond acceptors (Lipinski definition) is 5. The van der Waals surface area contributed by atoms with Crippen LogP contribution in [0.25, 0.3) is 0 Å². The molecule has 19 heavy (non-hydrogen) atoms. The zero-order valence-electron chi connectivity index (χ0n) is 10.6. The highest BCUT2D eigenvalue weighted by Crippen LogP contribution is 2.19. The third-order valence-electron chi connectivity index (χ3n) is 3.06. The van der Waals surface area contributed by atoms with Gasteiger partial charge in [-0.15, -0.1) is 0 Å². The number of hydrogen-bond donors (Lipinski definition) is 3. The molecule has 1 aromatic heterocycles. The summed E-state index contributed by atoms with van der Waals surface area (Å²) in [5, 5.41) is 2.99. The van der Waals surface area contributed by atoms with Gasteiger partial charge in [-0.3, -0.25) is 4.79 Å². The Kier molecular flexibility index (Phi) is 4.73. The van der Waals surface area contributed by atoms with Gasteiger partial charge in [0, 0.05) is 23.3 Å². The van der Waals surface area contributed by atoms with Crippen LogP contribution >= 0.6 is 15.9 Å². The van der Waals surface area contributed by atoms with Crippen LogP contribution in [0.2, 0.25) is 0 Å². The molecule has 2 heterocycles. The molecular formula is C12H17BrN4O2. The lowest BCUT2D eigenvalue weighted by Gasteiger charge is -2.28. The minimum atomic E-state index is -0.180. The number of nitrogens with two attached hydrogens (primary N) is 1. The molecule has 1 saturated heterocycles. The number of ether oxygens (including phenoxy) is 1. The standard InChI is InChI=1S/C12H17BrN4O2/c1-7-4-9(2-3-19-7)16-12(18)10-5-8(13)6-15-11(10)17-14/h5-7,9H,2-4,14H2,1H3,(H,15,17)(H,16,18). The van der Waals surface area contributed by atoms with Crippen LogP contribution in [0.1, 0.15) is 30.1 Å². The molecule has 0 bridgehead atoms. The van der Waals surface area contributed by atoms with Crippen LogP contribution in [0.3, 0.4) is 0 Å². The van der Waals surface area contributed by atoms with E-state index >= 15 is 0 Å². The van der Waals surface area contributed by atoms with Crippen LogP contribution < -0.4 is 16.6 Å². The Labute approximate surface area is 120 Å². The van der Waals surface area contributed by atoms with Gasteiger partial charge >= 0.3 is 0 Å². The van der Waals surface area contributed by atoms with Crippen LogP contribution in [0.15, 0.2) is 16.7 Å². The van der Waals surface area contributed by atoms with Crippen molar-refractivity contribution in [2.75, 3.05) is 12.0 Å². The fourth-order valence-corrected chi connectivity index (χ4v) is 2.45. The van der Waals surface area contributed by atoms with Gasteiger partial charge in [-0.25, -0.2) is 10.8 Å². The number of hydrazine groups is 1. The highest BCUT2D eigenvalue weighted by molar-refractivity contribution is 9.10. The Balaban J connectivity index is 2.09. The summed E-state index contributed by atoms with van der Waals surface area (Å²) in [6, 6.07) is 1.82. The molecule has 7 heteroatoms. The Hall–Kier alpha value is -1.18. The van der Waals surface area contributed by atoms with Gasteiger partial charge in [0.15, 0.2) is 5.82 Å². The first-order valence-corrected chi connectivity index (χ1v) is 6.94. The Morgan fingerprint density at radius 1 is 1.63 bits per heavy atom. The number of halogens is 1. The minimum absolute atomic E-state index is 0.126. The second-order valence-electron chi connectivity index (χ2n) is 4.57. The van der Waals surface area contributed by atoms with Crippen molar-refractivity contribution in [2.24, 2.45) is 5.84 Å². The number of carbonyl (C=O) groups is 1. The molecule has 0 saturated carbocycles.